The molecule has 0 radical (unpaired) electrons. The summed E-state index contributed by atoms with van der Waals surface area (Å²) in [4.78, 5) is 43.3. The van der Waals surface area contributed by atoms with Gasteiger partial charge < -0.3 is 15.2 Å². The number of allylic oxidation sites excluding steroid dienone is 2. The molecule has 1 unspecified atom stereocenters. The van der Waals surface area contributed by atoms with Crippen molar-refractivity contribution in [2.45, 2.75) is 52.7 Å². The first-order valence-electron chi connectivity index (χ1n) is 12.3. The highest BCUT2D eigenvalue weighted by Gasteiger charge is 2.26. The summed E-state index contributed by atoms with van der Waals surface area (Å²) in [6.45, 7) is 7.85. The molecule has 0 saturated carbocycles. The van der Waals surface area contributed by atoms with Crippen molar-refractivity contribution in [2.75, 3.05) is 18.0 Å². The van der Waals surface area contributed by atoms with Gasteiger partial charge in [0.05, 0.1) is 12.1 Å². The number of aromatic nitrogens is 6. The van der Waals surface area contributed by atoms with Crippen LogP contribution >= 0.6 is 0 Å². The highest BCUT2D eigenvalue weighted by Crippen LogP contribution is 2.23. The number of aryl methyl sites for hydroxylation is 2. The molecule has 0 amide bonds. The van der Waals surface area contributed by atoms with Crippen molar-refractivity contribution in [3.05, 3.63) is 68.3 Å². The van der Waals surface area contributed by atoms with E-state index in [1.807, 2.05) is 49.6 Å². The largest absolute Gasteiger partial charge is 0.341 e. The van der Waals surface area contributed by atoms with Crippen molar-refractivity contribution >= 4 is 28.0 Å². The fourth-order valence-corrected chi connectivity index (χ4v) is 4.89. The minimum absolute atomic E-state index is 0.0229. The molecule has 1 saturated heterocycles. The Morgan fingerprint density at radius 3 is 2.67 bits per heavy atom. The van der Waals surface area contributed by atoms with Crippen LogP contribution in [0.1, 0.15) is 38.2 Å². The molecular formula is C26H32N8O2. The van der Waals surface area contributed by atoms with Crippen molar-refractivity contribution in [3.63, 3.8) is 0 Å². The summed E-state index contributed by atoms with van der Waals surface area (Å²) in [5.74, 6) is 1.09. The molecule has 0 bridgehead atoms. The van der Waals surface area contributed by atoms with Gasteiger partial charge in [-0.1, -0.05) is 29.8 Å². The lowest BCUT2D eigenvalue weighted by atomic mass is 10.1. The molecule has 188 valence electrons. The number of rotatable bonds is 5. The zero-order valence-corrected chi connectivity index (χ0v) is 21.2. The van der Waals surface area contributed by atoms with Gasteiger partial charge in [-0.05, 0) is 39.7 Å². The summed E-state index contributed by atoms with van der Waals surface area (Å²) in [5.41, 5.74) is 8.87. The number of imidazole rings is 1. The Kier molecular flexibility index (Phi) is 6.21. The van der Waals surface area contributed by atoms with Crippen LogP contribution in [-0.2, 0) is 20.1 Å². The number of benzene rings is 1. The van der Waals surface area contributed by atoms with E-state index in [0.29, 0.717) is 36.0 Å². The molecule has 4 heterocycles. The van der Waals surface area contributed by atoms with Crippen LogP contribution in [0.25, 0.3) is 22.1 Å². The highest BCUT2D eigenvalue weighted by molar-refractivity contribution is 5.80. The lowest BCUT2D eigenvalue weighted by Crippen LogP contribution is -2.44. The first-order valence-corrected chi connectivity index (χ1v) is 12.3. The maximum atomic E-state index is 13.8. The van der Waals surface area contributed by atoms with Crippen LogP contribution in [0.4, 0.5) is 5.95 Å². The third kappa shape index (κ3) is 4.21. The van der Waals surface area contributed by atoms with E-state index >= 15 is 0 Å². The summed E-state index contributed by atoms with van der Waals surface area (Å²) in [6, 6.07) is 7.76. The van der Waals surface area contributed by atoms with Crippen molar-refractivity contribution in [2.24, 2.45) is 12.8 Å². The van der Waals surface area contributed by atoms with E-state index in [1.54, 1.807) is 7.05 Å². The fourth-order valence-electron chi connectivity index (χ4n) is 4.89. The Bertz CT molecular complexity index is 1610. The van der Waals surface area contributed by atoms with Gasteiger partial charge in [0.1, 0.15) is 5.82 Å². The highest BCUT2D eigenvalue weighted by atomic mass is 16.2. The summed E-state index contributed by atoms with van der Waals surface area (Å²) in [5, 5.41) is 0.945. The normalized spacial score (nSPS) is 16.1. The van der Waals surface area contributed by atoms with Gasteiger partial charge in [-0.15, -0.1) is 0 Å². The second-order valence-electron chi connectivity index (χ2n) is 9.80. The van der Waals surface area contributed by atoms with E-state index in [-0.39, 0.29) is 12.6 Å². The average molecular weight is 489 g/mol. The van der Waals surface area contributed by atoms with E-state index in [9.17, 15) is 9.59 Å². The van der Waals surface area contributed by atoms with Gasteiger partial charge in [0.2, 0.25) is 5.95 Å². The quantitative estimate of drug-likeness (QED) is 0.428. The fraction of sp³-hybridized carbons (Fsp3) is 0.423. The molecule has 0 spiro atoms. The van der Waals surface area contributed by atoms with Gasteiger partial charge in [0.25, 0.3) is 5.56 Å². The minimum Gasteiger partial charge on any atom is -0.341 e. The lowest BCUT2D eigenvalue weighted by molar-refractivity contribution is 0.495. The molecule has 3 aromatic heterocycles. The lowest BCUT2D eigenvalue weighted by Gasteiger charge is -2.31. The Hall–Kier alpha value is -3.79. The summed E-state index contributed by atoms with van der Waals surface area (Å²) < 4.78 is 4.56. The van der Waals surface area contributed by atoms with Gasteiger partial charge in [-0.2, -0.15) is 4.98 Å². The number of piperidine rings is 1. The van der Waals surface area contributed by atoms with E-state index in [0.717, 1.165) is 41.6 Å². The smallest absolute Gasteiger partial charge is 0.332 e. The average Bonchev–Trinajstić information content (AvgIpc) is 3.24. The van der Waals surface area contributed by atoms with E-state index < -0.39 is 11.2 Å². The molecule has 1 aromatic carbocycles. The molecule has 1 atom stereocenters. The van der Waals surface area contributed by atoms with Crippen LogP contribution in [0, 0.1) is 6.92 Å². The Morgan fingerprint density at radius 1 is 1.14 bits per heavy atom. The SMILES string of the molecule is CC(C)=CCn1c(N2CCCC(N)C2)nc2c1c(=O)n(Cc1nc(C)c3ccccc3n1)c(=O)n2C. The number of para-hydroxylation sites is 1. The molecule has 36 heavy (non-hydrogen) atoms. The topological polar surface area (TPSA) is 117 Å². The van der Waals surface area contributed by atoms with Gasteiger partial charge in [0.15, 0.2) is 11.2 Å². The summed E-state index contributed by atoms with van der Waals surface area (Å²) >= 11 is 0. The summed E-state index contributed by atoms with van der Waals surface area (Å²) in [7, 11) is 1.65. The second-order valence-corrected chi connectivity index (χ2v) is 9.80. The van der Waals surface area contributed by atoms with Crippen molar-refractivity contribution < 1.29 is 0 Å². The Balaban J connectivity index is 1.69. The van der Waals surface area contributed by atoms with Crippen molar-refractivity contribution in [3.8, 4) is 0 Å². The van der Waals surface area contributed by atoms with Crippen LogP contribution in [0.2, 0.25) is 0 Å². The number of nitrogens with zero attached hydrogens (tertiary/aromatic N) is 7. The van der Waals surface area contributed by atoms with Crippen molar-refractivity contribution in [1.82, 2.24) is 28.7 Å². The van der Waals surface area contributed by atoms with E-state index in [4.69, 9.17) is 10.7 Å². The third-order valence-electron chi connectivity index (χ3n) is 6.77. The van der Waals surface area contributed by atoms with Gasteiger partial charge in [-0.3, -0.25) is 13.9 Å². The zero-order valence-electron chi connectivity index (χ0n) is 21.2. The molecule has 0 aliphatic carbocycles. The number of fused-ring (bicyclic) bond motifs is 2. The van der Waals surface area contributed by atoms with Gasteiger partial charge >= 0.3 is 5.69 Å². The number of hydrogen-bond donors (Lipinski definition) is 1. The molecule has 1 aliphatic heterocycles. The molecule has 10 nitrogen and oxygen atoms in total. The molecule has 1 aliphatic rings. The van der Waals surface area contributed by atoms with Gasteiger partial charge in [-0.25, -0.2) is 14.8 Å². The molecule has 4 aromatic rings. The van der Waals surface area contributed by atoms with Gasteiger partial charge in [0, 0.05) is 43.8 Å². The van der Waals surface area contributed by atoms with Crippen LogP contribution in [-0.4, -0.2) is 47.8 Å². The van der Waals surface area contributed by atoms with Crippen LogP contribution in [0.3, 0.4) is 0 Å². The first-order chi connectivity index (χ1) is 17.2. The monoisotopic (exact) mass is 488 g/mol. The Morgan fingerprint density at radius 2 is 1.92 bits per heavy atom. The summed E-state index contributed by atoms with van der Waals surface area (Å²) in [6.07, 6.45) is 3.97. The Labute approximate surface area is 208 Å². The maximum Gasteiger partial charge on any atom is 0.332 e. The molecular weight excluding hydrogens is 456 g/mol. The van der Waals surface area contributed by atoms with Crippen LogP contribution in [0.5, 0.6) is 0 Å². The molecule has 2 N–H and O–H groups in total. The first kappa shape index (κ1) is 23.9. The van der Waals surface area contributed by atoms with E-state index in [1.165, 1.54) is 9.13 Å². The zero-order chi connectivity index (χ0) is 25.6. The number of nitrogens with two attached hydrogens (primary N) is 1. The predicted octanol–water partition coefficient (Wildman–Crippen LogP) is 2.09. The molecule has 1 fully saturated rings. The molecule has 5 rings (SSSR count). The van der Waals surface area contributed by atoms with Crippen LogP contribution < -0.4 is 21.9 Å². The van der Waals surface area contributed by atoms with Crippen LogP contribution in [0.15, 0.2) is 45.5 Å². The predicted molar refractivity (Wildman–Crippen MR) is 141 cm³/mol. The maximum absolute atomic E-state index is 13.8. The minimum atomic E-state index is -0.448. The third-order valence-corrected chi connectivity index (χ3v) is 6.77. The van der Waals surface area contributed by atoms with E-state index in [2.05, 4.69) is 20.9 Å². The second kappa shape index (κ2) is 9.34. The standard InChI is InChI=1S/C26H32N8O2/c1-16(2)11-13-33-22-23(30-25(33)32-12-7-8-18(27)14-32)31(4)26(36)34(24(22)35)15-21-28-17(3)19-9-5-6-10-20(19)29-21/h5-6,9-11,18H,7-8,12-15,27H2,1-4H3. The molecule has 10 heteroatoms. The number of hydrogen-bond acceptors (Lipinski definition) is 7. The van der Waals surface area contributed by atoms with Crippen molar-refractivity contribution in [1.29, 1.82) is 0 Å². The number of anilines is 1.